The minimum Gasteiger partial charge on any atom is -0.507 e. The Morgan fingerprint density at radius 1 is 1.14 bits per heavy atom. The number of H-pyrrole nitrogens is 1. The lowest BCUT2D eigenvalue weighted by atomic mass is 9.94. The standard InChI is InChI=1S/C27H35N3O5/c1-16(2)35-21-8-6-7-20(15-21)24-23(25(31)22-17(3)18(4)28-19(22)5)26(32)27(33)30(24)10-9-29-11-13-34-14-12-29/h6-8,15-16,24,28,31H,9-14H2,1-5H3/b25-23+. The van der Waals surface area contributed by atoms with E-state index in [9.17, 15) is 14.7 Å². The number of morpholine rings is 1. The summed E-state index contributed by atoms with van der Waals surface area (Å²) in [6, 6.07) is 6.73. The molecule has 1 aromatic heterocycles. The van der Waals surface area contributed by atoms with Crippen LogP contribution in [-0.2, 0) is 14.3 Å². The number of carbonyl (C=O) groups excluding carboxylic acids is 2. The monoisotopic (exact) mass is 481 g/mol. The Morgan fingerprint density at radius 3 is 2.49 bits per heavy atom. The molecule has 35 heavy (non-hydrogen) atoms. The molecule has 4 rings (SSSR count). The number of Topliss-reactive ketones (excluding diaryl/α,β-unsaturated/α-hetero) is 1. The molecule has 2 fully saturated rings. The second-order valence-electron chi connectivity index (χ2n) is 9.56. The number of amides is 1. The number of aromatic amines is 1. The zero-order chi connectivity index (χ0) is 25.3. The molecule has 1 unspecified atom stereocenters. The topological polar surface area (TPSA) is 95.1 Å². The number of nitrogens with zero attached hydrogens (tertiary/aromatic N) is 2. The molecule has 1 atom stereocenters. The van der Waals surface area contributed by atoms with Crippen LogP contribution in [0.5, 0.6) is 5.75 Å². The van der Waals surface area contributed by atoms with E-state index >= 15 is 0 Å². The number of aliphatic hydroxyl groups is 1. The number of hydrogen-bond acceptors (Lipinski definition) is 6. The van der Waals surface area contributed by atoms with Gasteiger partial charge < -0.3 is 24.5 Å². The van der Waals surface area contributed by atoms with Crippen LogP contribution in [-0.4, -0.2) is 77.1 Å². The molecule has 2 N–H and O–H groups in total. The molecule has 3 heterocycles. The number of ketones is 1. The third-order valence-electron chi connectivity index (χ3n) is 6.77. The first-order valence-corrected chi connectivity index (χ1v) is 12.2. The van der Waals surface area contributed by atoms with Gasteiger partial charge in [0.05, 0.1) is 30.9 Å². The van der Waals surface area contributed by atoms with Gasteiger partial charge in [0.2, 0.25) is 0 Å². The summed E-state index contributed by atoms with van der Waals surface area (Å²) in [4.78, 5) is 33.7. The Hall–Kier alpha value is -3.10. The minimum absolute atomic E-state index is 0.0222. The van der Waals surface area contributed by atoms with Crippen LogP contribution in [0.2, 0.25) is 0 Å². The third-order valence-corrected chi connectivity index (χ3v) is 6.77. The molecule has 0 bridgehead atoms. The highest BCUT2D eigenvalue weighted by Gasteiger charge is 2.46. The van der Waals surface area contributed by atoms with Gasteiger partial charge in [0, 0.05) is 43.1 Å². The first kappa shape index (κ1) is 25.0. The van der Waals surface area contributed by atoms with Crippen molar-refractivity contribution < 1.29 is 24.2 Å². The average molecular weight is 482 g/mol. The van der Waals surface area contributed by atoms with E-state index in [4.69, 9.17) is 9.47 Å². The predicted octanol–water partition coefficient (Wildman–Crippen LogP) is 3.48. The van der Waals surface area contributed by atoms with E-state index in [1.54, 1.807) is 4.90 Å². The number of ether oxygens (including phenoxy) is 2. The summed E-state index contributed by atoms with van der Waals surface area (Å²) >= 11 is 0. The summed E-state index contributed by atoms with van der Waals surface area (Å²) in [7, 11) is 0. The minimum atomic E-state index is -0.708. The van der Waals surface area contributed by atoms with Gasteiger partial charge in [0.15, 0.2) is 0 Å². The number of likely N-dealkylation sites (tertiary alicyclic amines) is 1. The zero-order valence-electron chi connectivity index (χ0n) is 21.2. The summed E-state index contributed by atoms with van der Waals surface area (Å²) in [6.45, 7) is 13.4. The first-order valence-electron chi connectivity index (χ1n) is 12.2. The quantitative estimate of drug-likeness (QED) is 0.357. The summed E-state index contributed by atoms with van der Waals surface area (Å²) in [5, 5.41) is 11.5. The molecule has 2 aromatic rings. The van der Waals surface area contributed by atoms with Crippen LogP contribution in [0.15, 0.2) is 29.8 Å². The van der Waals surface area contributed by atoms with Crippen LogP contribution < -0.4 is 4.74 Å². The van der Waals surface area contributed by atoms with Crippen molar-refractivity contribution in [1.82, 2.24) is 14.8 Å². The fourth-order valence-corrected chi connectivity index (χ4v) is 4.96. The molecule has 1 amide bonds. The van der Waals surface area contributed by atoms with Crippen LogP contribution in [0, 0.1) is 20.8 Å². The highest BCUT2D eigenvalue weighted by atomic mass is 16.5. The second-order valence-corrected chi connectivity index (χ2v) is 9.56. The number of nitrogens with one attached hydrogen (secondary N) is 1. The molecule has 0 spiro atoms. The van der Waals surface area contributed by atoms with Gasteiger partial charge in [-0.05, 0) is 57.9 Å². The van der Waals surface area contributed by atoms with Crippen molar-refractivity contribution in [3.63, 3.8) is 0 Å². The van der Waals surface area contributed by atoms with Crippen molar-refractivity contribution in [3.8, 4) is 5.75 Å². The molecule has 0 radical (unpaired) electrons. The van der Waals surface area contributed by atoms with Crippen molar-refractivity contribution in [2.24, 2.45) is 0 Å². The summed E-state index contributed by atoms with van der Waals surface area (Å²) < 4.78 is 11.3. The molecule has 2 aliphatic heterocycles. The first-order chi connectivity index (χ1) is 16.7. The number of aliphatic hydroxyl groups excluding tert-OH is 1. The molecule has 0 saturated carbocycles. The normalized spacial score (nSPS) is 20.7. The van der Waals surface area contributed by atoms with Crippen molar-refractivity contribution in [1.29, 1.82) is 0 Å². The maximum absolute atomic E-state index is 13.4. The smallest absolute Gasteiger partial charge is 0.295 e. The third kappa shape index (κ3) is 4.99. The number of carbonyl (C=O) groups is 2. The maximum atomic E-state index is 13.4. The molecule has 8 nitrogen and oxygen atoms in total. The lowest BCUT2D eigenvalue weighted by molar-refractivity contribution is -0.140. The van der Waals surface area contributed by atoms with E-state index in [2.05, 4.69) is 9.88 Å². The van der Waals surface area contributed by atoms with Crippen LogP contribution in [0.1, 0.15) is 48.0 Å². The molecule has 8 heteroatoms. The SMILES string of the molecule is Cc1[nH]c(C)c(/C(O)=C2\C(=O)C(=O)N(CCN3CCOCC3)C2c2cccc(OC(C)C)c2)c1C. The molecule has 0 aliphatic carbocycles. The number of aryl methyl sites for hydroxylation is 2. The number of rotatable bonds is 7. The Kier molecular flexibility index (Phi) is 7.33. The number of benzene rings is 1. The van der Waals surface area contributed by atoms with E-state index < -0.39 is 17.7 Å². The summed E-state index contributed by atoms with van der Waals surface area (Å²) in [5.41, 5.74) is 3.95. The van der Waals surface area contributed by atoms with Gasteiger partial charge in [0.1, 0.15) is 11.5 Å². The van der Waals surface area contributed by atoms with Gasteiger partial charge in [-0.3, -0.25) is 14.5 Å². The Bertz CT molecular complexity index is 1140. The molecule has 2 aliphatic rings. The Balaban J connectivity index is 1.79. The van der Waals surface area contributed by atoms with Crippen molar-refractivity contribution in [3.05, 3.63) is 57.9 Å². The van der Waals surface area contributed by atoms with Crippen molar-refractivity contribution >= 4 is 17.4 Å². The molecule has 1 aromatic carbocycles. The highest BCUT2D eigenvalue weighted by Crippen LogP contribution is 2.41. The Labute approximate surface area is 206 Å². The van der Waals surface area contributed by atoms with E-state index in [0.29, 0.717) is 37.6 Å². The molecular formula is C27H35N3O5. The van der Waals surface area contributed by atoms with E-state index in [0.717, 1.165) is 35.6 Å². The van der Waals surface area contributed by atoms with Gasteiger partial charge in [-0.25, -0.2) is 0 Å². The average Bonchev–Trinajstić information content (AvgIpc) is 3.23. The van der Waals surface area contributed by atoms with E-state index in [1.807, 2.05) is 58.9 Å². The lowest BCUT2D eigenvalue weighted by Gasteiger charge is -2.31. The zero-order valence-corrected chi connectivity index (χ0v) is 21.2. The maximum Gasteiger partial charge on any atom is 0.295 e. The number of aromatic nitrogens is 1. The fraction of sp³-hybridized carbons (Fsp3) is 0.481. The number of hydrogen-bond donors (Lipinski definition) is 2. The van der Waals surface area contributed by atoms with Crippen LogP contribution in [0.3, 0.4) is 0 Å². The van der Waals surface area contributed by atoms with Gasteiger partial charge in [0.25, 0.3) is 11.7 Å². The predicted molar refractivity (Wildman–Crippen MR) is 133 cm³/mol. The molecule has 188 valence electrons. The van der Waals surface area contributed by atoms with Gasteiger partial charge in [-0.2, -0.15) is 0 Å². The lowest BCUT2D eigenvalue weighted by Crippen LogP contribution is -2.42. The van der Waals surface area contributed by atoms with Gasteiger partial charge in [-0.1, -0.05) is 12.1 Å². The van der Waals surface area contributed by atoms with E-state index in [-0.39, 0.29) is 17.4 Å². The molecular weight excluding hydrogens is 446 g/mol. The van der Waals surface area contributed by atoms with E-state index in [1.165, 1.54) is 0 Å². The van der Waals surface area contributed by atoms with Crippen LogP contribution >= 0.6 is 0 Å². The second kappa shape index (κ2) is 10.3. The van der Waals surface area contributed by atoms with Crippen LogP contribution in [0.4, 0.5) is 0 Å². The van der Waals surface area contributed by atoms with Crippen LogP contribution in [0.25, 0.3) is 5.76 Å². The van der Waals surface area contributed by atoms with Gasteiger partial charge in [-0.15, -0.1) is 0 Å². The Morgan fingerprint density at radius 2 is 1.86 bits per heavy atom. The summed E-state index contributed by atoms with van der Waals surface area (Å²) in [5.74, 6) is -0.747. The fourth-order valence-electron chi connectivity index (χ4n) is 4.96. The van der Waals surface area contributed by atoms with Crippen molar-refractivity contribution in [2.45, 2.75) is 46.8 Å². The summed E-state index contributed by atoms with van der Waals surface area (Å²) in [6.07, 6.45) is -0.0222. The van der Waals surface area contributed by atoms with Crippen molar-refractivity contribution in [2.75, 3.05) is 39.4 Å². The molecule has 2 saturated heterocycles. The van der Waals surface area contributed by atoms with Gasteiger partial charge >= 0.3 is 0 Å². The highest BCUT2D eigenvalue weighted by molar-refractivity contribution is 6.46. The largest absolute Gasteiger partial charge is 0.507 e.